The standard InChI is InChI=1S/C13H19N3O/c1-10-4-6-14-8-11(10)9-15-7-5-13(17)16-12-2-3-12/h4,6,8,12,15H,2-3,5,7,9H2,1H3,(H,16,17). The molecule has 1 aliphatic rings. The molecule has 1 aromatic rings. The Labute approximate surface area is 102 Å². The molecular weight excluding hydrogens is 214 g/mol. The van der Waals surface area contributed by atoms with E-state index in [2.05, 4.69) is 22.5 Å². The Morgan fingerprint density at radius 2 is 2.35 bits per heavy atom. The quantitative estimate of drug-likeness (QED) is 0.725. The predicted octanol–water partition coefficient (Wildman–Crippen LogP) is 1.15. The number of amides is 1. The van der Waals surface area contributed by atoms with Crippen LogP contribution in [0.2, 0.25) is 0 Å². The highest BCUT2D eigenvalue weighted by atomic mass is 16.1. The number of pyridine rings is 1. The van der Waals surface area contributed by atoms with Crippen molar-refractivity contribution in [3.8, 4) is 0 Å². The van der Waals surface area contributed by atoms with Crippen LogP contribution in [-0.2, 0) is 11.3 Å². The number of nitrogens with one attached hydrogen (secondary N) is 2. The van der Waals surface area contributed by atoms with E-state index in [1.807, 2.05) is 12.3 Å². The molecule has 1 aromatic heterocycles. The third kappa shape index (κ3) is 4.15. The summed E-state index contributed by atoms with van der Waals surface area (Å²) in [6.07, 6.45) is 6.51. The second-order valence-electron chi connectivity index (χ2n) is 4.57. The largest absolute Gasteiger partial charge is 0.353 e. The van der Waals surface area contributed by atoms with Crippen molar-refractivity contribution in [3.63, 3.8) is 0 Å². The summed E-state index contributed by atoms with van der Waals surface area (Å²) in [6, 6.07) is 2.46. The van der Waals surface area contributed by atoms with E-state index in [9.17, 15) is 4.79 Å². The highest BCUT2D eigenvalue weighted by molar-refractivity contribution is 5.76. The molecule has 4 heteroatoms. The van der Waals surface area contributed by atoms with Gasteiger partial charge in [-0.05, 0) is 37.0 Å². The Morgan fingerprint density at radius 1 is 1.53 bits per heavy atom. The van der Waals surface area contributed by atoms with Crippen LogP contribution in [0, 0.1) is 6.92 Å². The molecule has 4 nitrogen and oxygen atoms in total. The molecule has 0 bridgehead atoms. The molecule has 0 saturated heterocycles. The minimum atomic E-state index is 0.155. The molecule has 0 aromatic carbocycles. The summed E-state index contributed by atoms with van der Waals surface area (Å²) in [5.41, 5.74) is 2.42. The normalized spacial score (nSPS) is 14.6. The first-order chi connectivity index (χ1) is 8.25. The van der Waals surface area contributed by atoms with Gasteiger partial charge >= 0.3 is 0 Å². The summed E-state index contributed by atoms with van der Waals surface area (Å²) in [4.78, 5) is 15.5. The maximum absolute atomic E-state index is 11.4. The molecule has 0 radical (unpaired) electrons. The van der Waals surface area contributed by atoms with Gasteiger partial charge in [0.05, 0.1) is 0 Å². The SMILES string of the molecule is Cc1ccncc1CNCCC(=O)NC1CC1. The van der Waals surface area contributed by atoms with Crippen molar-refractivity contribution in [1.82, 2.24) is 15.6 Å². The van der Waals surface area contributed by atoms with Crippen LogP contribution < -0.4 is 10.6 Å². The fourth-order valence-corrected chi connectivity index (χ4v) is 1.63. The van der Waals surface area contributed by atoms with Crippen molar-refractivity contribution in [2.45, 2.75) is 38.8 Å². The molecule has 0 aliphatic heterocycles. The third-order valence-electron chi connectivity index (χ3n) is 2.93. The number of carbonyl (C=O) groups is 1. The van der Waals surface area contributed by atoms with Crippen LogP contribution in [0.1, 0.15) is 30.4 Å². The molecule has 0 unspecified atom stereocenters. The van der Waals surface area contributed by atoms with E-state index in [1.54, 1.807) is 6.20 Å². The summed E-state index contributed by atoms with van der Waals surface area (Å²) >= 11 is 0. The van der Waals surface area contributed by atoms with Crippen LogP contribution >= 0.6 is 0 Å². The minimum absolute atomic E-state index is 0.155. The van der Waals surface area contributed by atoms with Gasteiger partial charge in [-0.1, -0.05) is 0 Å². The monoisotopic (exact) mass is 233 g/mol. The molecule has 92 valence electrons. The van der Waals surface area contributed by atoms with Gasteiger partial charge in [0.2, 0.25) is 5.91 Å². The van der Waals surface area contributed by atoms with E-state index in [0.717, 1.165) is 19.4 Å². The average molecular weight is 233 g/mol. The first kappa shape index (κ1) is 12.0. The molecule has 2 N–H and O–H groups in total. The summed E-state index contributed by atoms with van der Waals surface area (Å²) in [5.74, 6) is 0.155. The summed E-state index contributed by atoms with van der Waals surface area (Å²) in [5, 5.41) is 6.24. The molecule has 0 spiro atoms. The molecule has 2 rings (SSSR count). The Balaban J connectivity index is 1.62. The fourth-order valence-electron chi connectivity index (χ4n) is 1.63. The summed E-state index contributed by atoms with van der Waals surface area (Å²) in [6.45, 7) is 3.56. The molecule has 17 heavy (non-hydrogen) atoms. The van der Waals surface area contributed by atoms with Gasteiger partial charge in [-0.15, -0.1) is 0 Å². The molecule has 1 fully saturated rings. The number of nitrogens with zero attached hydrogens (tertiary/aromatic N) is 1. The van der Waals surface area contributed by atoms with E-state index in [0.29, 0.717) is 19.0 Å². The molecule has 1 amide bonds. The zero-order valence-corrected chi connectivity index (χ0v) is 10.2. The van der Waals surface area contributed by atoms with Gasteiger partial charge in [0, 0.05) is 37.9 Å². The Morgan fingerprint density at radius 3 is 3.06 bits per heavy atom. The van der Waals surface area contributed by atoms with Crippen molar-refractivity contribution < 1.29 is 4.79 Å². The van der Waals surface area contributed by atoms with Crippen LogP contribution in [0.4, 0.5) is 0 Å². The van der Waals surface area contributed by atoms with Gasteiger partial charge in [-0.2, -0.15) is 0 Å². The number of aromatic nitrogens is 1. The maximum atomic E-state index is 11.4. The second-order valence-corrected chi connectivity index (χ2v) is 4.57. The van der Waals surface area contributed by atoms with E-state index in [-0.39, 0.29) is 5.91 Å². The number of carbonyl (C=O) groups excluding carboxylic acids is 1. The fraction of sp³-hybridized carbons (Fsp3) is 0.538. The van der Waals surface area contributed by atoms with Gasteiger partial charge in [0.15, 0.2) is 0 Å². The van der Waals surface area contributed by atoms with Crippen molar-refractivity contribution >= 4 is 5.91 Å². The van der Waals surface area contributed by atoms with Crippen molar-refractivity contribution in [2.24, 2.45) is 0 Å². The first-order valence-electron chi connectivity index (χ1n) is 6.15. The van der Waals surface area contributed by atoms with Crippen LogP contribution in [0.5, 0.6) is 0 Å². The van der Waals surface area contributed by atoms with Crippen molar-refractivity contribution in [1.29, 1.82) is 0 Å². The topological polar surface area (TPSA) is 54.0 Å². The Kier molecular flexibility index (Phi) is 4.09. The number of hydrogen-bond acceptors (Lipinski definition) is 3. The lowest BCUT2D eigenvalue weighted by Crippen LogP contribution is -2.29. The lowest BCUT2D eigenvalue weighted by molar-refractivity contribution is -0.121. The zero-order valence-electron chi connectivity index (χ0n) is 10.2. The van der Waals surface area contributed by atoms with Gasteiger partial charge < -0.3 is 10.6 Å². The van der Waals surface area contributed by atoms with Gasteiger partial charge in [0.25, 0.3) is 0 Å². The Bertz CT molecular complexity index is 388. The lowest BCUT2D eigenvalue weighted by atomic mass is 10.1. The van der Waals surface area contributed by atoms with Crippen LogP contribution in [0.25, 0.3) is 0 Å². The zero-order chi connectivity index (χ0) is 12.1. The first-order valence-corrected chi connectivity index (χ1v) is 6.15. The second kappa shape index (κ2) is 5.77. The van der Waals surface area contributed by atoms with E-state index in [4.69, 9.17) is 0 Å². The highest BCUT2D eigenvalue weighted by Crippen LogP contribution is 2.18. The van der Waals surface area contributed by atoms with Crippen molar-refractivity contribution in [2.75, 3.05) is 6.54 Å². The smallest absolute Gasteiger partial charge is 0.221 e. The average Bonchev–Trinajstić information content (AvgIpc) is 3.10. The van der Waals surface area contributed by atoms with E-state index >= 15 is 0 Å². The highest BCUT2D eigenvalue weighted by Gasteiger charge is 2.22. The van der Waals surface area contributed by atoms with Gasteiger partial charge in [-0.25, -0.2) is 0 Å². The molecule has 1 aliphatic carbocycles. The van der Waals surface area contributed by atoms with E-state index < -0.39 is 0 Å². The maximum Gasteiger partial charge on any atom is 0.221 e. The lowest BCUT2D eigenvalue weighted by Gasteiger charge is -2.07. The number of rotatable bonds is 6. The molecular formula is C13H19N3O. The van der Waals surface area contributed by atoms with Crippen LogP contribution in [0.15, 0.2) is 18.5 Å². The van der Waals surface area contributed by atoms with Gasteiger partial charge in [0.1, 0.15) is 0 Å². The summed E-state index contributed by atoms with van der Waals surface area (Å²) < 4.78 is 0. The van der Waals surface area contributed by atoms with Crippen molar-refractivity contribution in [3.05, 3.63) is 29.6 Å². The Hall–Kier alpha value is -1.42. The summed E-state index contributed by atoms with van der Waals surface area (Å²) in [7, 11) is 0. The van der Waals surface area contributed by atoms with E-state index in [1.165, 1.54) is 11.1 Å². The minimum Gasteiger partial charge on any atom is -0.353 e. The molecule has 1 saturated carbocycles. The van der Waals surface area contributed by atoms with Gasteiger partial charge in [-0.3, -0.25) is 9.78 Å². The third-order valence-corrected chi connectivity index (χ3v) is 2.93. The molecule has 0 atom stereocenters. The van der Waals surface area contributed by atoms with Crippen LogP contribution in [0.3, 0.4) is 0 Å². The molecule has 1 heterocycles. The van der Waals surface area contributed by atoms with Crippen LogP contribution in [-0.4, -0.2) is 23.5 Å². The number of aryl methyl sites for hydroxylation is 1. The number of hydrogen-bond donors (Lipinski definition) is 2. The predicted molar refractivity (Wildman–Crippen MR) is 66.5 cm³/mol.